The van der Waals surface area contributed by atoms with Gasteiger partial charge in [0.05, 0.1) is 10.6 Å². The molecule has 0 radical (unpaired) electrons. The average Bonchev–Trinajstić information content (AvgIpc) is 2.67. The summed E-state index contributed by atoms with van der Waals surface area (Å²) in [6.07, 6.45) is 0.342. The maximum atomic E-state index is 11.7. The van der Waals surface area contributed by atoms with E-state index in [0.717, 1.165) is 0 Å². The van der Waals surface area contributed by atoms with Crippen molar-refractivity contribution in [3.63, 3.8) is 0 Å². The molecule has 0 spiro atoms. The summed E-state index contributed by atoms with van der Waals surface area (Å²) < 4.78 is 0. The Bertz CT molecular complexity index is 504. The molecule has 3 N–H and O–H groups in total. The maximum Gasteiger partial charge on any atom is 0.252 e. The Labute approximate surface area is 110 Å². The molecule has 2 amide bonds. The fraction of sp³-hybridized carbons (Fsp3) is 0.333. The highest BCUT2D eigenvalue weighted by molar-refractivity contribution is 6.34. The van der Waals surface area contributed by atoms with Gasteiger partial charge in [-0.25, -0.2) is 0 Å². The second kappa shape index (κ2) is 4.96. The molecule has 1 heterocycles. The molecule has 1 unspecified atom stereocenters. The first-order valence-corrected chi connectivity index (χ1v) is 5.98. The van der Waals surface area contributed by atoms with Crippen molar-refractivity contribution in [3.8, 4) is 0 Å². The lowest BCUT2D eigenvalue weighted by molar-refractivity contribution is -0.117. The van der Waals surface area contributed by atoms with Gasteiger partial charge >= 0.3 is 0 Å². The SMILES string of the molecule is CNC(=O)c1ccc(N2CC(N)CC2=O)cc1Cl. The highest BCUT2D eigenvalue weighted by Crippen LogP contribution is 2.26. The van der Waals surface area contributed by atoms with E-state index in [-0.39, 0.29) is 17.9 Å². The van der Waals surface area contributed by atoms with Gasteiger partial charge in [0.15, 0.2) is 0 Å². The van der Waals surface area contributed by atoms with Crippen molar-refractivity contribution in [3.05, 3.63) is 28.8 Å². The van der Waals surface area contributed by atoms with Crippen LogP contribution in [-0.4, -0.2) is 31.4 Å². The minimum Gasteiger partial charge on any atom is -0.355 e. The predicted octanol–water partition coefficient (Wildman–Crippen LogP) is 0.764. The van der Waals surface area contributed by atoms with Crippen LogP contribution in [0.4, 0.5) is 5.69 Å². The molecule has 6 heteroatoms. The first-order chi connectivity index (χ1) is 8.52. The van der Waals surface area contributed by atoms with E-state index in [1.807, 2.05) is 0 Å². The number of rotatable bonds is 2. The standard InChI is InChI=1S/C12H14ClN3O2/c1-15-12(18)9-3-2-8(5-10(9)13)16-6-7(14)4-11(16)17/h2-3,5,7H,4,6,14H2,1H3,(H,15,18). The zero-order valence-corrected chi connectivity index (χ0v) is 10.7. The van der Waals surface area contributed by atoms with Crippen LogP contribution in [0.3, 0.4) is 0 Å². The summed E-state index contributed by atoms with van der Waals surface area (Å²) in [4.78, 5) is 24.8. The van der Waals surface area contributed by atoms with Crippen LogP contribution in [0.2, 0.25) is 5.02 Å². The van der Waals surface area contributed by atoms with Crippen molar-refractivity contribution < 1.29 is 9.59 Å². The van der Waals surface area contributed by atoms with Gasteiger partial charge in [0.1, 0.15) is 0 Å². The number of benzene rings is 1. The van der Waals surface area contributed by atoms with Crippen molar-refractivity contribution in [1.29, 1.82) is 0 Å². The normalized spacial score (nSPS) is 19.2. The Morgan fingerprint density at radius 3 is 2.78 bits per heavy atom. The maximum absolute atomic E-state index is 11.7. The molecule has 0 bridgehead atoms. The number of nitrogens with one attached hydrogen (secondary N) is 1. The summed E-state index contributed by atoms with van der Waals surface area (Å²) in [5, 5.41) is 2.82. The van der Waals surface area contributed by atoms with Crippen molar-refractivity contribution in [2.24, 2.45) is 5.73 Å². The van der Waals surface area contributed by atoms with Gasteiger partial charge < -0.3 is 16.0 Å². The van der Waals surface area contributed by atoms with Crippen LogP contribution in [0, 0.1) is 0 Å². The molecule has 1 aromatic carbocycles. The van der Waals surface area contributed by atoms with Crippen LogP contribution in [0.1, 0.15) is 16.8 Å². The molecule has 0 aliphatic carbocycles. The van der Waals surface area contributed by atoms with E-state index >= 15 is 0 Å². The van der Waals surface area contributed by atoms with E-state index in [2.05, 4.69) is 5.32 Å². The molecule has 18 heavy (non-hydrogen) atoms. The van der Waals surface area contributed by atoms with Crippen molar-refractivity contribution in [2.75, 3.05) is 18.5 Å². The first kappa shape index (κ1) is 12.9. The fourth-order valence-electron chi connectivity index (χ4n) is 1.98. The highest BCUT2D eigenvalue weighted by atomic mass is 35.5. The Hall–Kier alpha value is -1.59. The quantitative estimate of drug-likeness (QED) is 0.831. The van der Waals surface area contributed by atoms with Crippen LogP contribution >= 0.6 is 11.6 Å². The summed E-state index contributed by atoms with van der Waals surface area (Å²) in [7, 11) is 1.54. The number of anilines is 1. The number of hydrogen-bond donors (Lipinski definition) is 2. The summed E-state index contributed by atoms with van der Waals surface area (Å²) in [6.45, 7) is 0.481. The molecule has 1 aromatic rings. The highest BCUT2D eigenvalue weighted by Gasteiger charge is 2.28. The van der Waals surface area contributed by atoms with Crippen molar-refractivity contribution in [1.82, 2.24) is 5.32 Å². The molecule has 96 valence electrons. The first-order valence-electron chi connectivity index (χ1n) is 5.60. The van der Waals surface area contributed by atoms with Gasteiger partial charge in [-0.05, 0) is 18.2 Å². The van der Waals surface area contributed by atoms with Crippen LogP contribution in [0.25, 0.3) is 0 Å². The molecule has 1 aliphatic rings. The summed E-state index contributed by atoms with van der Waals surface area (Å²) >= 11 is 6.04. The monoisotopic (exact) mass is 267 g/mol. The van der Waals surface area contributed by atoms with E-state index in [9.17, 15) is 9.59 Å². The van der Waals surface area contributed by atoms with Crippen LogP contribution in [0.5, 0.6) is 0 Å². The number of nitrogens with zero attached hydrogens (tertiary/aromatic N) is 1. The molecular formula is C12H14ClN3O2. The number of carbonyl (C=O) groups excluding carboxylic acids is 2. The minimum absolute atomic E-state index is 0.0220. The van der Waals surface area contributed by atoms with Crippen LogP contribution in [0.15, 0.2) is 18.2 Å². The summed E-state index contributed by atoms with van der Waals surface area (Å²) in [5.41, 5.74) is 6.79. The van der Waals surface area contributed by atoms with Crippen molar-refractivity contribution >= 4 is 29.1 Å². The van der Waals surface area contributed by atoms with Gasteiger partial charge in [0, 0.05) is 31.7 Å². The van der Waals surface area contributed by atoms with E-state index in [1.165, 1.54) is 7.05 Å². The van der Waals surface area contributed by atoms with Gasteiger partial charge in [0.2, 0.25) is 5.91 Å². The zero-order valence-electron chi connectivity index (χ0n) is 9.94. The minimum atomic E-state index is -0.254. The largest absolute Gasteiger partial charge is 0.355 e. The number of hydrogen-bond acceptors (Lipinski definition) is 3. The summed E-state index contributed by atoms with van der Waals surface area (Å²) in [5.74, 6) is -0.276. The fourth-order valence-corrected chi connectivity index (χ4v) is 2.24. The molecule has 0 saturated carbocycles. The smallest absolute Gasteiger partial charge is 0.252 e. The molecule has 1 atom stereocenters. The molecule has 5 nitrogen and oxygen atoms in total. The topological polar surface area (TPSA) is 75.4 Å². The second-order valence-corrected chi connectivity index (χ2v) is 4.62. The molecular weight excluding hydrogens is 254 g/mol. The van der Waals surface area contributed by atoms with Crippen molar-refractivity contribution in [2.45, 2.75) is 12.5 Å². The molecule has 1 saturated heterocycles. The van der Waals surface area contributed by atoms with E-state index in [0.29, 0.717) is 29.2 Å². The van der Waals surface area contributed by atoms with Crippen LogP contribution < -0.4 is 16.0 Å². The van der Waals surface area contributed by atoms with Gasteiger partial charge in [0.25, 0.3) is 5.91 Å². The Kier molecular flexibility index (Phi) is 3.54. The number of nitrogens with two attached hydrogens (primary N) is 1. The van der Waals surface area contributed by atoms with Gasteiger partial charge in [-0.3, -0.25) is 9.59 Å². The van der Waals surface area contributed by atoms with Gasteiger partial charge in [-0.15, -0.1) is 0 Å². The van der Waals surface area contributed by atoms with Gasteiger partial charge in [-0.2, -0.15) is 0 Å². The molecule has 2 rings (SSSR count). The lowest BCUT2D eigenvalue weighted by Gasteiger charge is -2.17. The third-order valence-corrected chi connectivity index (χ3v) is 3.20. The lowest BCUT2D eigenvalue weighted by Crippen LogP contribution is -2.28. The summed E-state index contributed by atoms with van der Waals surface area (Å²) in [6, 6.07) is 4.78. The Morgan fingerprint density at radius 1 is 1.56 bits per heavy atom. The van der Waals surface area contributed by atoms with E-state index in [4.69, 9.17) is 17.3 Å². The van der Waals surface area contributed by atoms with E-state index in [1.54, 1.807) is 23.1 Å². The number of amides is 2. The molecule has 1 aliphatic heterocycles. The second-order valence-electron chi connectivity index (χ2n) is 4.21. The van der Waals surface area contributed by atoms with Crippen LogP contribution in [-0.2, 0) is 4.79 Å². The lowest BCUT2D eigenvalue weighted by atomic mass is 10.2. The predicted molar refractivity (Wildman–Crippen MR) is 69.8 cm³/mol. The third kappa shape index (κ3) is 2.32. The third-order valence-electron chi connectivity index (χ3n) is 2.89. The average molecular weight is 268 g/mol. The number of halogens is 1. The zero-order chi connectivity index (χ0) is 13.3. The van der Waals surface area contributed by atoms with Gasteiger partial charge in [-0.1, -0.05) is 11.6 Å². The number of carbonyl (C=O) groups is 2. The van der Waals surface area contributed by atoms with E-state index < -0.39 is 0 Å². The Morgan fingerprint density at radius 2 is 2.28 bits per heavy atom. The molecule has 1 fully saturated rings. The molecule has 0 aromatic heterocycles. The Balaban J connectivity index is 2.29.